The van der Waals surface area contributed by atoms with Gasteiger partial charge in [0.2, 0.25) is 5.88 Å². The van der Waals surface area contributed by atoms with E-state index in [9.17, 15) is 4.39 Å². The zero-order valence-corrected chi connectivity index (χ0v) is 14.6. The van der Waals surface area contributed by atoms with Crippen LogP contribution in [-0.4, -0.2) is 27.0 Å². The Morgan fingerprint density at radius 1 is 1.04 bits per heavy atom. The van der Waals surface area contributed by atoms with Crippen molar-refractivity contribution in [2.75, 3.05) is 12.4 Å². The fraction of sp³-hybridized carbons (Fsp3) is 0.111. The van der Waals surface area contributed by atoms with Crippen LogP contribution < -0.4 is 10.1 Å². The number of aromatic nitrogens is 4. The van der Waals surface area contributed by atoms with Crippen molar-refractivity contribution in [1.82, 2.24) is 19.9 Å². The van der Waals surface area contributed by atoms with Crippen molar-refractivity contribution in [2.45, 2.75) is 6.42 Å². The second-order valence-electron chi connectivity index (χ2n) is 5.50. The van der Waals surface area contributed by atoms with Crippen molar-refractivity contribution in [1.29, 1.82) is 0 Å². The fourth-order valence-electron chi connectivity index (χ4n) is 2.50. The van der Waals surface area contributed by atoms with Crippen LogP contribution in [0, 0.1) is 6.08 Å². The molecule has 0 bridgehead atoms. The first kappa shape index (κ1) is 16.3. The number of hydrogen-bond donors (Lipinski definition) is 1. The Hall–Kier alpha value is -3.13. The lowest BCUT2D eigenvalue weighted by Crippen LogP contribution is -2.02. The van der Waals surface area contributed by atoms with Crippen LogP contribution >= 0.6 is 11.3 Å². The lowest BCUT2D eigenvalue weighted by atomic mass is 10.1. The summed E-state index contributed by atoms with van der Waals surface area (Å²) < 4.78 is 18.9. The van der Waals surface area contributed by atoms with Gasteiger partial charge in [0.1, 0.15) is 16.2 Å². The van der Waals surface area contributed by atoms with Gasteiger partial charge < -0.3 is 10.1 Å². The summed E-state index contributed by atoms with van der Waals surface area (Å²) in [5.41, 5.74) is 2.37. The van der Waals surface area contributed by atoms with Crippen molar-refractivity contribution in [3.8, 4) is 5.88 Å². The Morgan fingerprint density at radius 3 is 2.69 bits per heavy atom. The number of thiazole rings is 1. The summed E-state index contributed by atoms with van der Waals surface area (Å²) in [6.45, 7) is 0. The standard InChI is InChI=1S/C18H14FN5OS/c1-25-15-8-7-13-16(24-15)26-18(21-13)23-14-10-12(20-17(19)22-14)9-11-5-3-2-4-6-11/h2-8,10H,9H2,1H3,(H,20,21,22,23). The molecule has 6 nitrogen and oxygen atoms in total. The quantitative estimate of drug-likeness (QED) is 0.538. The van der Waals surface area contributed by atoms with Gasteiger partial charge in [-0.3, -0.25) is 0 Å². The highest BCUT2D eigenvalue weighted by Gasteiger charge is 2.10. The van der Waals surface area contributed by atoms with Gasteiger partial charge in [-0.05, 0) is 11.6 Å². The normalized spacial score (nSPS) is 10.8. The molecule has 0 spiro atoms. The fourth-order valence-corrected chi connectivity index (χ4v) is 3.34. The van der Waals surface area contributed by atoms with Crippen LogP contribution in [0.15, 0.2) is 48.5 Å². The van der Waals surface area contributed by atoms with Crippen molar-refractivity contribution in [3.05, 3.63) is 65.9 Å². The van der Waals surface area contributed by atoms with Crippen LogP contribution in [0.2, 0.25) is 0 Å². The van der Waals surface area contributed by atoms with E-state index in [1.54, 1.807) is 19.2 Å². The molecule has 0 atom stereocenters. The van der Waals surface area contributed by atoms with E-state index in [0.717, 1.165) is 15.9 Å². The average molecular weight is 367 g/mol. The number of benzene rings is 1. The molecular formula is C18H14FN5OS. The van der Waals surface area contributed by atoms with E-state index >= 15 is 0 Å². The molecule has 8 heteroatoms. The minimum atomic E-state index is -0.776. The molecule has 0 unspecified atom stereocenters. The minimum Gasteiger partial charge on any atom is -0.481 e. The zero-order valence-electron chi connectivity index (χ0n) is 13.8. The number of methoxy groups -OCH3 is 1. The molecule has 4 aromatic rings. The minimum absolute atomic E-state index is 0.356. The molecule has 0 amide bonds. The molecule has 0 saturated carbocycles. The number of fused-ring (bicyclic) bond motifs is 1. The second-order valence-corrected chi connectivity index (χ2v) is 6.48. The Balaban J connectivity index is 1.59. The van der Waals surface area contributed by atoms with Gasteiger partial charge >= 0.3 is 6.08 Å². The highest BCUT2D eigenvalue weighted by molar-refractivity contribution is 7.21. The number of halogens is 1. The predicted octanol–water partition coefficient (Wildman–Crippen LogP) is 3.96. The first-order valence-corrected chi connectivity index (χ1v) is 8.67. The molecule has 0 fully saturated rings. The molecule has 3 aromatic heterocycles. The summed E-state index contributed by atoms with van der Waals surface area (Å²) in [6.07, 6.45) is -0.255. The monoisotopic (exact) mass is 367 g/mol. The summed E-state index contributed by atoms with van der Waals surface area (Å²) in [7, 11) is 1.56. The summed E-state index contributed by atoms with van der Waals surface area (Å²) >= 11 is 1.34. The van der Waals surface area contributed by atoms with Crippen LogP contribution in [0.25, 0.3) is 10.3 Å². The largest absolute Gasteiger partial charge is 0.481 e. The lowest BCUT2D eigenvalue weighted by Gasteiger charge is -2.05. The van der Waals surface area contributed by atoms with Gasteiger partial charge in [0.05, 0.1) is 12.8 Å². The molecule has 4 rings (SSSR count). The maximum absolute atomic E-state index is 13.8. The molecule has 0 aliphatic carbocycles. The van der Waals surface area contributed by atoms with E-state index < -0.39 is 6.08 Å². The summed E-state index contributed by atoms with van der Waals surface area (Å²) in [6, 6.07) is 15.0. The van der Waals surface area contributed by atoms with Gasteiger partial charge in [-0.2, -0.15) is 9.37 Å². The number of ether oxygens (including phenoxy) is 1. The number of anilines is 2. The maximum Gasteiger partial charge on any atom is 0.310 e. The van der Waals surface area contributed by atoms with Crippen molar-refractivity contribution in [3.63, 3.8) is 0 Å². The van der Waals surface area contributed by atoms with E-state index in [-0.39, 0.29) is 0 Å². The third-order valence-electron chi connectivity index (χ3n) is 3.65. The Labute approximate surface area is 152 Å². The third-order valence-corrected chi connectivity index (χ3v) is 4.53. The number of nitrogens with one attached hydrogen (secondary N) is 1. The second kappa shape index (κ2) is 7.01. The first-order valence-electron chi connectivity index (χ1n) is 7.85. The predicted molar refractivity (Wildman–Crippen MR) is 98.5 cm³/mol. The van der Waals surface area contributed by atoms with Gasteiger partial charge in [-0.25, -0.2) is 15.0 Å². The maximum atomic E-state index is 13.8. The van der Waals surface area contributed by atoms with E-state index in [2.05, 4.69) is 25.3 Å². The van der Waals surface area contributed by atoms with Crippen molar-refractivity contribution < 1.29 is 9.13 Å². The van der Waals surface area contributed by atoms with Gasteiger partial charge in [0.15, 0.2) is 5.13 Å². The van der Waals surface area contributed by atoms with E-state index in [4.69, 9.17) is 4.74 Å². The highest BCUT2D eigenvalue weighted by atomic mass is 32.1. The Kier molecular flexibility index (Phi) is 4.40. The average Bonchev–Trinajstić information content (AvgIpc) is 3.03. The number of nitrogens with zero attached hydrogens (tertiary/aromatic N) is 4. The number of rotatable bonds is 5. The molecule has 0 aliphatic heterocycles. The number of hydrogen-bond acceptors (Lipinski definition) is 7. The van der Waals surface area contributed by atoms with Gasteiger partial charge in [-0.15, -0.1) is 0 Å². The lowest BCUT2D eigenvalue weighted by molar-refractivity contribution is 0.400. The van der Waals surface area contributed by atoms with Crippen LogP contribution in [-0.2, 0) is 6.42 Å². The van der Waals surface area contributed by atoms with Crippen molar-refractivity contribution >= 4 is 32.6 Å². The molecule has 130 valence electrons. The topological polar surface area (TPSA) is 72.8 Å². The molecular weight excluding hydrogens is 353 g/mol. The summed E-state index contributed by atoms with van der Waals surface area (Å²) in [5, 5.41) is 3.61. The molecule has 0 saturated heterocycles. The Morgan fingerprint density at radius 2 is 1.88 bits per heavy atom. The molecule has 0 aliphatic rings. The van der Waals surface area contributed by atoms with Crippen LogP contribution in [0.5, 0.6) is 5.88 Å². The van der Waals surface area contributed by atoms with E-state index in [1.807, 2.05) is 36.4 Å². The summed E-state index contributed by atoms with van der Waals surface area (Å²) in [4.78, 5) is 17.2. The van der Waals surface area contributed by atoms with Gasteiger partial charge in [0, 0.05) is 18.6 Å². The molecule has 0 radical (unpaired) electrons. The van der Waals surface area contributed by atoms with E-state index in [1.165, 1.54) is 11.3 Å². The summed E-state index contributed by atoms with van der Waals surface area (Å²) in [5.74, 6) is 0.875. The molecule has 1 aromatic carbocycles. The first-order chi connectivity index (χ1) is 12.7. The van der Waals surface area contributed by atoms with Crippen LogP contribution in [0.3, 0.4) is 0 Å². The van der Waals surface area contributed by atoms with E-state index in [0.29, 0.717) is 28.9 Å². The molecule has 3 heterocycles. The zero-order chi connectivity index (χ0) is 17.9. The van der Waals surface area contributed by atoms with Crippen LogP contribution in [0.4, 0.5) is 15.3 Å². The van der Waals surface area contributed by atoms with Gasteiger partial charge in [-0.1, -0.05) is 41.7 Å². The van der Waals surface area contributed by atoms with Crippen LogP contribution in [0.1, 0.15) is 11.3 Å². The third kappa shape index (κ3) is 3.60. The van der Waals surface area contributed by atoms with Gasteiger partial charge in [0.25, 0.3) is 0 Å². The van der Waals surface area contributed by atoms with Crippen molar-refractivity contribution in [2.24, 2.45) is 0 Å². The molecule has 1 N–H and O–H groups in total. The highest BCUT2D eigenvalue weighted by Crippen LogP contribution is 2.28. The SMILES string of the molecule is COc1ccc2nc(Nc3cc(Cc4ccccc4)nc(F)n3)sc2n1. The Bertz CT molecular complexity index is 1050. The number of pyridine rings is 1. The molecule has 26 heavy (non-hydrogen) atoms. The smallest absolute Gasteiger partial charge is 0.310 e.